The molecule has 0 amide bonds. The highest BCUT2D eigenvalue weighted by molar-refractivity contribution is 8.11. The van der Waals surface area contributed by atoms with Crippen LogP contribution in [-0.4, -0.2) is 26.3 Å². The lowest BCUT2D eigenvalue weighted by molar-refractivity contribution is -0.113. The van der Waals surface area contributed by atoms with Crippen LogP contribution in [0.5, 0.6) is 0 Å². The molecule has 2 unspecified atom stereocenters. The summed E-state index contributed by atoms with van der Waals surface area (Å²) in [6.45, 7) is 25.0. The number of ketones is 2. The standard InChI is InChI=1S/C23H35O2P3/c1-14(24)16-12-21(18(3,4)5)26-13-17(15(2)25)27(21)23(20(9,10)11)22(26,28(16)23)19(6,7)8/h12-13H,1-11H3/t21?,22-,23+,26+,27-,28?/m1/s1. The van der Waals surface area contributed by atoms with E-state index < -0.39 is 23.8 Å². The first-order valence-electron chi connectivity index (χ1n) is 10.3. The Kier molecular flexibility index (Phi) is 4.03. The molecule has 5 heterocycles. The molecule has 5 aliphatic heterocycles. The molecule has 5 rings (SSSR count). The van der Waals surface area contributed by atoms with Gasteiger partial charge in [-0.1, -0.05) is 76.3 Å². The lowest BCUT2D eigenvalue weighted by atomic mass is 9.80. The summed E-state index contributed by atoms with van der Waals surface area (Å²) in [5.41, 5.74) is 0.235. The van der Waals surface area contributed by atoms with E-state index in [9.17, 15) is 9.59 Å². The second kappa shape index (κ2) is 5.29. The van der Waals surface area contributed by atoms with Crippen molar-refractivity contribution in [2.45, 2.75) is 90.9 Å². The Morgan fingerprint density at radius 1 is 0.714 bits per heavy atom. The van der Waals surface area contributed by atoms with Crippen LogP contribution in [0.2, 0.25) is 0 Å². The molecule has 154 valence electrons. The van der Waals surface area contributed by atoms with Gasteiger partial charge < -0.3 is 0 Å². The molecular weight excluding hydrogens is 401 g/mol. The Morgan fingerprint density at radius 3 is 1.54 bits per heavy atom. The van der Waals surface area contributed by atoms with Gasteiger partial charge in [-0.15, -0.1) is 0 Å². The van der Waals surface area contributed by atoms with Crippen molar-refractivity contribution in [3.05, 3.63) is 22.5 Å². The molecule has 0 aromatic rings. The van der Waals surface area contributed by atoms with E-state index in [0.29, 0.717) is 0 Å². The summed E-state index contributed by atoms with van der Waals surface area (Å²) in [5.74, 6) is 3.01. The molecule has 0 aromatic carbocycles. The minimum Gasteiger partial charge on any atom is -0.294 e. The second-order valence-electron chi connectivity index (χ2n) is 12.0. The number of hydrogen-bond donors (Lipinski definition) is 0. The minimum absolute atomic E-state index is 0.0166. The number of carbonyl (C=O) groups is 2. The molecule has 2 saturated heterocycles. The van der Waals surface area contributed by atoms with Gasteiger partial charge in [-0.3, -0.25) is 9.59 Å². The van der Waals surface area contributed by atoms with E-state index in [2.05, 4.69) is 74.2 Å². The van der Waals surface area contributed by atoms with Crippen LogP contribution in [0.25, 0.3) is 0 Å². The highest BCUT2D eigenvalue weighted by atomic mass is 31.2. The molecule has 6 atom stereocenters. The average Bonchev–Trinajstić information content (AvgIpc) is 2.96. The van der Waals surface area contributed by atoms with Gasteiger partial charge in [0.05, 0.1) is 0 Å². The van der Waals surface area contributed by atoms with Gasteiger partial charge in [-0.05, 0) is 51.8 Å². The fourth-order valence-corrected chi connectivity index (χ4v) is 28.6. The minimum atomic E-state index is -0.641. The summed E-state index contributed by atoms with van der Waals surface area (Å²) >= 11 is 0. The number of allylic oxidation sites excluding steroid dienone is 3. The molecule has 5 heteroatoms. The molecule has 2 fully saturated rings. The van der Waals surface area contributed by atoms with Gasteiger partial charge in [-0.25, -0.2) is 0 Å². The van der Waals surface area contributed by atoms with Crippen molar-refractivity contribution in [1.82, 2.24) is 0 Å². The molecule has 2 nitrogen and oxygen atoms in total. The fraction of sp³-hybridized carbons (Fsp3) is 0.739. The third-order valence-electron chi connectivity index (χ3n) is 7.45. The van der Waals surface area contributed by atoms with Crippen LogP contribution in [0.4, 0.5) is 0 Å². The Bertz CT molecular complexity index is 879. The largest absolute Gasteiger partial charge is 0.294 e. The number of rotatable bonds is 2. The van der Waals surface area contributed by atoms with E-state index in [1.54, 1.807) is 13.8 Å². The first-order chi connectivity index (χ1) is 12.5. The number of hydrogen-bond acceptors (Lipinski definition) is 2. The maximum atomic E-state index is 12.9. The number of carbonyl (C=O) groups excluding carboxylic acids is 2. The highest BCUT2D eigenvalue weighted by Crippen LogP contribution is 3.22. The van der Waals surface area contributed by atoms with Crippen molar-refractivity contribution in [3.63, 3.8) is 0 Å². The summed E-state index contributed by atoms with van der Waals surface area (Å²) in [4.78, 5) is 26.1. The van der Waals surface area contributed by atoms with Crippen molar-refractivity contribution in [2.75, 3.05) is 0 Å². The van der Waals surface area contributed by atoms with Crippen molar-refractivity contribution < 1.29 is 9.59 Å². The Labute approximate surface area is 174 Å². The van der Waals surface area contributed by atoms with E-state index in [4.69, 9.17) is 0 Å². The van der Waals surface area contributed by atoms with Crippen LogP contribution >= 0.6 is 23.8 Å². The Hall–Kier alpha value is 0.110. The van der Waals surface area contributed by atoms with Crippen molar-refractivity contribution >= 4 is 35.3 Å². The lowest BCUT2D eigenvalue weighted by Gasteiger charge is -2.54. The predicted molar refractivity (Wildman–Crippen MR) is 125 cm³/mol. The van der Waals surface area contributed by atoms with Gasteiger partial charge in [-0.2, -0.15) is 0 Å². The summed E-state index contributed by atoms with van der Waals surface area (Å²) in [7, 11) is -1.69. The molecule has 28 heavy (non-hydrogen) atoms. The number of Topliss-reactive ketones (excluding diaryl/α,β-unsaturated/α-hetero) is 2. The van der Waals surface area contributed by atoms with Crippen LogP contribution in [0.3, 0.4) is 0 Å². The third kappa shape index (κ3) is 1.82. The fourth-order valence-electron chi connectivity index (χ4n) is 6.77. The van der Waals surface area contributed by atoms with Crippen LogP contribution in [0, 0.1) is 16.2 Å². The maximum absolute atomic E-state index is 12.9. The molecule has 5 aliphatic rings. The van der Waals surface area contributed by atoms with Gasteiger partial charge in [0.15, 0.2) is 11.6 Å². The van der Waals surface area contributed by atoms with E-state index in [0.717, 1.165) is 10.6 Å². The van der Waals surface area contributed by atoms with E-state index >= 15 is 0 Å². The second-order valence-corrected chi connectivity index (χ2v) is 20.5. The molecule has 0 spiro atoms. The Morgan fingerprint density at radius 2 is 1.18 bits per heavy atom. The van der Waals surface area contributed by atoms with E-state index in [-0.39, 0.29) is 42.5 Å². The first-order valence-corrected chi connectivity index (χ1v) is 14.4. The Balaban J connectivity index is 2.19. The SMILES string of the molecule is CC(=O)C1=CC2(C(C)(C)C)[P@@]3C(C(C)=O)=C[P@]2[C@]2(C(C)(C)C)P1[C@]32C(C)(C)C. The predicted octanol–water partition coefficient (Wildman–Crippen LogP) is 7.62. The summed E-state index contributed by atoms with van der Waals surface area (Å²) in [6.07, 6.45) is 2.44. The lowest BCUT2D eigenvalue weighted by Crippen LogP contribution is -2.41. The molecule has 6 bridgehead atoms. The molecule has 0 N–H and O–H groups in total. The van der Waals surface area contributed by atoms with Crippen molar-refractivity contribution in [2.24, 2.45) is 16.2 Å². The molecule has 0 saturated carbocycles. The molecule has 0 aliphatic carbocycles. The zero-order valence-corrected chi connectivity index (χ0v) is 22.0. The zero-order valence-electron chi connectivity index (χ0n) is 19.3. The summed E-state index contributed by atoms with van der Waals surface area (Å²) in [5, 5.41) is 2.29. The smallest absolute Gasteiger partial charge is 0.160 e. The summed E-state index contributed by atoms with van der Waals surface area (Å²) < 4.78 is 0. The molecular formula is C23H35O2P3. The molecule has 0 radical (unpaired) electrons. The van der Waals surface area contributed by atoms with Crippen molar-refractivity contribution in [1.29, 1.82) is 0 Å². The van der Waals surface area contributed by atoms with Crippen molar-refractivity contribution in [3.8, 4) is 0 Å². The van der Waals surface area contributed by atoms with Gasteiger partial charge in [0.25, 0.3) is 0 Å². The van der Waals surface area contributed by atoms with Crippen LogP contribution in [0.1, 0.15) is 76.2 Å². The molecule has 0 aromatic heterocycles. The van der Waals surface area contributed by atoms with Crippen LogP contribution < -0.4 is 0 Å². The maximum Gasteiger partial charge on any atom is 0.160 e. The monoisotopic (exact) mass is 436 g/mol. The quantitative estimate of drug-likeness (QED) is 0.417. The third-order valence-corrected chi connectivity index (χ3v) is 23.7. The van der Waals surface area contributed by atoms with Gasteiger partial charge >= 0.3 is 0 Å². The average molecular weight is 436 g/mol. The topological polar surface area (TPSA) is 34.1 Å². The highest BCUT2D eigenvalue weighted by Gasteiger charge is 2.99. The van der Waals surface area contributed by atoms with E-state index in [1.807, 2.05) is 0 Å². The van der Waals surface area contributed by atoms with Gasteiger partial charge in [0.2, 0.25) is 0 Å². The summed E-state index contributed by atoms with van der Waals surface area (Å²) in [6, 6.07) is 0. The first kappa shape index (κ1) is 21.3. The van der Waals surface area contributed by atoms with Gasteiger partial charge in [0, 0.05) is 25.3 Å². The van der Waals surface area contributed by atoms with Crippen LogP contribution in [0.15, 0.2) is 22.5 Å². The zero-order chi connectivity index (χ0) is 21.5. The normalized spacial score (nSPS) is 43.6. The van der Waals surface area contributed by atoms with E-state index in [1.165, 1.54) is 0 Å². The van der Waals surface area contributed by atoms with Crippen LogP contribution in [-0.2, 0) is 9.59 Å². The van der Waals surface area contributed by atoms with Gasteiger partial charge in [0.1, 0.15) is 0 Å².